The van der Waals surface area contributed by atoms with Crippen LogP contribution in [0.4, 0.5) is 9.18 Å². The maximum absolute atomic E-state index is 13.2. The Morgan fingerprint density at radius 2 is 2.03 bits per heavy atom. The molecule has 0 unspecified atom stereocenters. The molecule has 1 aromatic heterocycles. The molecule has 3 rings (SSSR count). The number of benzene rings is 1. The second kappa shape index (κ2) is 10.4. The lowest BCUT2D eigenvalue weighted by Crippen LogP contribution is -2.55. The van der Waals surface area contributed by atoms with Crippen LogP contribution in [0, 0.1) is 0 Å². The fourth-order valence-electron chi connectivity index (χ4n) is 3.48. The summed E-state index contributed by atoms with van der Waals surface area (Å²) >= 11 is 0. The molecule has 0 saturated carbocycles. The van der Waals surface area contributed by atoms with Gasteiger partial charge in [0.2, 0.25) is 0 Å². The molecule has 34 heavy (non-hydrogen) atoms. The summed E-state index contributed by atoms with van der Waals surface area (Å²) in [6.45, 7) is 10.6. The molecule has 1 saturated heterocycles. The monoisotopic (exact) mass is 473 g/mol. The number of carbonyl (C=O) groups is 2. The molecule has 0 bridgehead atoms. The van der Waals surface area contributed by atoms with Crippen molar-refractivity contribution in [3.05, 3.63) is 47.9 Å². The van der Waals surface area contributed by atoms with E-state index in [4.69, 9.17) is 14.2 Å². The number of rotatable bonds is 6. The van der Waals surface area contributed by atoms with E-state index in [1.54, 1.807) is 49.9 Å². The van der Waals surface area contributed by atoms with Crippen molar-refractivity contribution in [1.82, 2.24) is 15.2 Å². The van der Waals surface area contributed by atoms with Gasteiger partial charge in [-0.15, -0.1) is 0 Å². The number of amides is 2. The van der Waals surface area contributed by atoms with Gasteiger partial charge in [0.15, 0.2) is 0 Å². The van der Waals surface area contributed by atoms with Crippen LogP contribution >= 0.6 is 0 Å². The Bertz CT molecular complexity index is 1080. The van der Waals surface area contributed by atoms with E-state index in [0.717, 1.165) is 5.39 Å². The van der Waals surface area contributed by atoms with Gasteiger partial charge in [0.1, 0.15) is 23.7 Å². The van der Waals surface area contributed by atoms with Gasteiger partial charge in [-0.2, -0.15) is 0 Å². The number of nitrogens with one attached hydrogen (secondary N) is 1. The Hall–Kier alpha value is -3.20. The molecule has 184 valence electrons. The average Bonchev–Trinajstić information content (AvgIpc) is 2.77. The highest BCUT2D eigenvalue weighted by Gasteiger charge is 2.35. The third kappa shape index (κ3) is 6.66. The summed E-state index contributed by atoms with van der Waals surface area (Å²) in [5.74, 6) is 0.380. The lowest BCUT2D eigenvalue weighted by Gasteiger charge is -2.41. The molecule has 2 amide bonds. The van der Waals surface area contributed by atoms with Crippen LogP contribution in [0.2, 0.25) is 0 Å². The number of carbonyl (C=O) groups excluding carboxylic acids is 2. The molecule has 2 aromatic rings. The Kier molecular flexibility index (Phi) is 7.76. The molecule has 8 nitrogen and oxygen atoms in total. The molecule has 0 atom stereocenters. The van der Waals surface area contributed by atoms with Gasteiger partial charge in [-0.3, -0.25) is 4.79 Å². The molecule has 0 radical (unpaired) electrons. The van der Waals surface area contributed by atoms with Gasteiger partial charge in [-0.25, -0.2) is 14.2 Å². The molecule has 1 aliphatic heterocycles. The van der Waals surface area contributed by atoms with Crippen LogP contribution in [-0.2, 0) is 9.47 Å². The standard InChI is InChI=1S/C25H32FN3O5/c1-24(2,3)34-23(31)27-14-17(13-26)15-33-19-7-9-20-18(12-19)6-8-21(28-20)22(30)29-10-11-32-16-25(29,4)5/h6-9,12-13H,10-11,14-16H2,1-5H3,(H,27,31)/b17-13+. The quantitative estimate of drug-likeness (QED) is 0.675. The van der Waals surface area contributed by atoms with Crippen LogP contribution in [0.3, 0.4) is 0 Å². The van der Waals surface area contributed by atoms with E-state index < -0.39 is 17.2 Å². The highest BCUT2D eigenvalue weighted by molar-refractivity contribution is 5.95. The van der Waals surface area contributed by atoms with Crippen molar-refractivity contribution >= 4 is 22.9 Å². The van der Waals surface area contributed by atoms with Gasteiger partial charge in [0.25, 0.3) is 5.91 Å². The van der Waals surface area contributed by atoms with Crippen LogP contribution in [-0.4, -0.2) is 65.9 Å². The molecular formula is C25H32FN3O5. The van der Waals surface area contributed by atoms with Crippen molar-refractivity contribution in [3.63, 3.8) is 0 Å². The van der Waals surface area contributed by atoms with Crippen molar-refractivity contribution in [2.75, 3.05) is 32.9 Å². The van der Waals surface area contributed by atoms with Gasteiger partial charge >= 0.3 is 6.09 Å². The number of alkyl carbamates (subject to hydrolysis) is 1. The number of ether oxygens (including phenoxy) is 3. The van der Waals surface area contributed by atoms with Crippen LogP contribution in [0.15, 0.2) is 42.2 Å². The van der Waals surface area contributed by atoms with Crippen LogP contribution in [0.5, 0.6) is 5.75 Å². The van der Waals surface area contributed by atoms with Gasteiger partial charge < -0.3 is 24.4 Å². The van der Waals surface area contributed by atoms with E-state index in [9.17, 15) is 14.0 Å². The highest BCUT2D eigenvalue weighted by Crippen LogP contribution is 2.24. The van der Waals surface area contributed by atoms with E-state index in [2.05, 4.69) is 10.3 Å². The third-order valence-electron chi connectivity index (χ3n) is 5.21. The van der Waals surface area contributed by atoms with Gasteiger partial charge in [-0.05, 0) is 58.9 Å². The number of aromatic nitrogens is 1. The second-order valence-corrected chi connectivity index (χ2v) is 9.78. The Labute approximate surface area is 199 Å². The SMILES string of the molecule is CC(C)(C)OC(=O)NC/C(=C\F)COc1ccc2nc(C(=O)N3CCOCC3(C)C)ccc2c1. The first kappa shape index (κ1) is 25.4. The lowest BCUT2D eigenvalue weighted by molar-refractivity contribution is -0.0373. The minimum Gasteiger partial charge on any atom is -0.489 e. The van der Waals surface area contributed by atoms with E-state index in [0.29, 0.717) is 43.0 Å². The molecule has 0 spiro atoms. The number of hydrogen-bond acceptors (Lipinski definition) is 6. The summed E-state index contributed by atoms with van der Waals surface area (Å²) in [6.07, 6.45) is -0.222. The number of fused-ring (bicyclic) bond motifs is 1. The van der Waals surface area contributed by atoms with Crippen molar-refractivity contribution in [2.24, 2.45) is 0 Å². The topological polar surface area (TPSA) is 90.0 Å². The molecule has 1 aliphatic rings. The Morgan fingerprint density at radius 3 is 2.71 bits per heavy atom. The zero-order valence-electron chi connectivity index (χ0n) is 20.3. The van der Waals surface area contributed by atoms with Crippen molar-refractivity contribution < 1.29 is 28.2 Å². The minimum absolute atomic E-state index is 0.0378. The van der Waals surface area contributed by atoms with E-state index >= 15 is 0 Å². The number of halogens is 1. The number of pyridine rings is 1. The average molecular weight is 474 g/mol. The van der Waals surface area contributed by atoms with Crippen molar-refractivity contribution in [3.8, 4) is 5.75 Å². The highest BCUT2D eigenvalue weighted by atomic mass is 19.1. The Balaban J connectivity index is 1.62. The van der Waals surface area contributed by atoms with Gasteiger partial charge in [-0.1, -0.05) is 6.07 Å². The van der Waals surface area contributed by atoms with Crippen molar-refractivity contribution in [2.45, 2.75) is 45.8 Å². The number of hydrogen-bond donors (Lipinski definition) is 1. The zero-order valence-corrected chi connectivity index (χ0v) is 20.3. The fraction of sp³-hybridized carbons (Fsp3) is 0.480. The first-order valence-corrected chi connectivity index (χ1v) is 11.2. The molecular weight excluding hydrogens is 441 g/mol. The number of morpholine rings is 1. The zero-order chi connectivity index (χ0) is 24.9. The van der Waals surface area contributed by atoms with Gasteiger partial charge in [0.05, 0.1) is 30.6 Å². The third-order valence-corrected chi connectivity index (χ3v) is 5.21. The van der Waals surface area contributed by atoms with Gasteiger partial charge in [0, 0.05) is 24.0 Å². The summed E-state index contributed by atoms with van der Waals surface area (Å²) < 4.78 is 29.6. The Morgan fingerprint density at radius 1 is 1.26 bits per heavy atom. The predicted octanol–water partition coefficient (Wildman–Crippen LogP) is 4.24. The predicted molar refractivity (Wildman–Crippen MR) is 127 cm³/mol. The van der Waals surface area contributed by atoms with Crippen LogP contribution in [0.25, 0.3) is 10.9 Å². The molecule has 0 aliphatic carbocycles. The second-order valence-electron chi connectivity index (χ2n) is 9.78. The van der Waals surface area contributed by atoms with E-state index in [-0.39, 0.29) is 24.6 Å². The van der Waals surface area contributed by atoms with Crippen molar-refractivity contribution in [1.29, 1.82) is 0 Å². The van der Waals surface area contributed by atoms with Crippen LogP contribution in [0.1, 0.15) is 45.1 Å². The van der Waals surface area contributed by atoms with Crippen LogP contribution < -0.4 is 10.1 Å². The van der Waals surface area contributed by atoms with E-state index in [1.165, 1.54) is 0 Å². The smallest absolute Gasteiger partial charge is 0.407 e. The normalized spacial score (nSPS) is 16.3. The molecule has 1 aromatic carbocycles. The van der Waals surface area contributed by atoms with E-state index in [1.807, 2.05) is 19.9 Å². The minimum atomic E-state index is -0.637. The summed E-state index contributed by atoms with van der Waals surface area (Å²) in [5.41, 5.74) is 0.230. The summed E-state index contributed by atoms with van der Waals surface area (Å²) in [5, 5.41) is 3.29. The first-order chi connectivity index (χ1) is 16.0. The molecule has 1 fully saturated rings. The lowest BCUT2D eigenvalue weighted by atomic mass is 10.0. The fourth-order valence-corrected chi connectivity index (χ4v) is 3.48. The number of nitrogens with zero attached hydrogens (tertiary/aromatic N) is 2. The molecule has 9 heteroatoms. The summed E-state index contributed by atoms with van der Waals surface area (Å²) in [6, 6.07) is 8.74. The summed E-state index contributed by atoms with van der Waals surface area (Å²) in [7, 11) is 0. The molecule has 2 heterocycles. The maximum atomic E-state index is 13.2. The molecule has 1 N–H and O–H groups in total. The largest absolute Gasteiger partial charge is 0.489 e. The summed E-state index contributed by atoms with van der Waals surface area (Å²) in [4.78, 5) is 31.1. The first-order valence-electron chi connectivity index (χ1n) is 11.2. The maximum Gasteiger partial charge on any atom is 0.407 e.